The summed E-state index contributed by atoms with van der Waals surface area (Å²) in [4.78, 5) is 27.1. The molecule has 1 fully saturated rings. The predicted octanol–water partition coefficient (Wildman–Crippen LogP) is 1.71. The fraction of sp³-hybridized carbons (Fsp3) is 0.556. The van der Waals surface area contributed by atoms with Gasteiger partial charge in [0.1, 0.15) is 5.75 Å². The minimum atomic E-state index is -0.788. The molecule has 1 heterocycles. The molecule has 1 N–H and O–H groups in total. The number of nitrogens with zero attached hydrogens (tertiary/aromatic N) is 2. The van der Waals surface area contributed by atoms with Crippen LogP contribution in [0, 0.1) is 5.41 Å². The number of likely N-dealkylation sites (N-methyl/N-ethyl adjacent to an activating group) is 1. The van der Waals surface area contributed by atoms with Crippen LogP contribution in [0.5, 0.6) is 5.75 Å². The molecule has 0 bridgehead atoms. The van der Waals surface area contributed by atoms with E-state index in [9.17, 15) is 14.7 Å². The number of benzene rings is 1. The zero-order chi connectivity index (χ0) is 17.6. The van der Waals surface area contributed by atoms with Gasteiger partial charge in [-0.15, -0.1) is 0 Å². The molecule has 1 atom stereocenters. The maximum atomic E-state index is 12.2. The van der Waals surface area contributed by atoms with Crippen molar-refractivity contribution < 1.29 is 19.4 Å². The van der Waals surface area contributed by atoms with Crippen molar-refractivity contribution in [2.24, 2.45) is 5.41 Å². The van der Waals surface area contributed by atoms with Crippen LogP contribution < -0.4 is 4.74 Å². The number of carbonyl (C=O) groups excluding carboxylic acids is 1. The second kappa shape index (κ2) is 8.15. The molecule has 0 saturated carbocycles. The molecule has 0 radical (unpaired) electrons. The summed E-state index contributed by atoms with van der Waals surface area (Å²) in [6.07, 6.45) is 1.34. The number of hydrogen-bond acceptors (Lipinski definition) is 4. The fourth-order valence-electron chi connectivity index (χ4n) is 2.81. The lowest BCUT2D eigenvalue weighted by molar-refractivity contribution is -0.147. The quantitative estimate of drug-likeness (QED) is 0.733. The molecule has 6 nitrogen and oxygen atoms in total. The Morgan fingerprint density at radius 3 is 2.67 bits per heavy atom. The first-order valence-electron chi connectivity index (χ1n) is 8.28. The van der Waals surface area contributed by atoms with Gasteiger partial charge in [-0.3, -0.25) is 14.5 Å². The predicted molar refractivity (Wildman–Crippen MR) is 91.0 cm³/mol. The number of carbonyl (C=O) groups is 2. The monoisotopic (exact) mass is 334 g/mol. The van der Waals surface area contributed by atoms with Gasteiger partial charge in [0.25, 0.3) is 0 Å². The van der Waals surface area contributed by atoms with Gasteiger partial charge in [0.15, 0.2) is 0 Å². The van der Waals surface area contributed by atoms with Crippen molar-refractivity contribution in [1.82, 2.24) is 9.80 Å². The van der Waals surface area contributed by atoms with Crippen molar-refractivity contribution in [3.05, 3.63) is 30.3 Å². The smallest absolute Gasteiger partial charge is 0.310 e. The fourth-order valence-corrected chi connectivity index (χ4v) is 2.81. The Morgan fingerprint density at radius 2 is 2.04 bits per heavy atom. The van der Waals surface area contributed by atoms with Gasteiger partial charge in [-0.1, -0.05) is 18.2 Å². The van der Waals surface area contributed by atoms with Crippen LogP contribution in [0.4, 0.5) is 0 Å². The molecule has 6 heteroatoms. The van der Waals surface area contributed by atoms with Gasteiger partial charge in [-0.25, -0.2) is 0 Å². The van der Waals surface area contributed by atoms with Gasteiger partial charge in [0.2, 0.25) is 5.91 Å². The summed E-state index contributed by atoms with van der Waals surface area (Å²) in [5.41, 5.74) is -0.734. The van der Waals surface area contributed by atoms with Crippen LogP contribution >= 0.6 is 0 Å². The Balaban J connectivity index is 1.66. The second-order valence-electron chi connectivity index (χ2n) is 6.66. The Labute approximate surface area is 143 Å². The molecule has 1 amide bonds. The average Bonchev–Trinajstić information content (AvgIpc) is 2.95. The number of carboxylic acids is 1. The second-order valence-corrected chi connectivity index (χ2v) is 6.66. The first-order chi connectivity index (χ1) is 11.4. The van der Waals surface area contributed by atoms with Gasteiger partial charge in [0.05, 0.1) is 18.6 Å². The molecule has 1 aromatic carbocycles. The van der Waals surface area contributed by atoms with Gasteiger partial charge < -0.3 is 14.7 Å². The number of aliphatic carboxylic acids is 1. The van der Waals surface area contributed by atoms with Gasteiger partial charge in [-0.2, -0.15) is 0 Å². The maximum Gasteiger partial charge on any atom is 0.310 e. The molecule has 2 rings (SSSR count). The summed E-state index contributed by atoms with van der Waals surface area (Å²) in [6, 6.07) is 9.59. The Hall–Kier alpha value is -2.08. The van der Waals surface area contributed by atoms with E-state index in [2.05, 4.69) is 0 Å². The minimum absolute atomic E-state index is 0.0179. The highest BCUT2D eigenvalue weighted by molar-refractivity contribution is 5.79. The van der Waals surface area contributed by atoms with E-state index in [1.165, 1.54) is 0 Å². The minimum Gasteiger partial charge on any atom is -0.494 e. The zero-order valence-corrected chi connectivity index (χ0v) is 14.4. The van der Waals surface area contributed by atoms with Crippen LogP contribution in [0.15, 0.2) is 30.3 Å². The molecule has 0 aromatic heterocycles. The van der Waals surface area contributed by atoms with Gasteiger partial charge in [-0.05, 0) is 38.4 Å². The van der Waals surface area contributed by atoms with Gasteiger partial charge in [0, 0.05) is 20.1 Å². The summed E-state index contributed by atoms with van der Waals surface area (Å²) in [7, 11) is 1.78. The number of likely N-dealkylation sites (tertiary alicyclic amines) is 1. The van der Waals surface area contributed by atoms with E-state index in [0.717, 1.165) is 12.2 Å². The number of para-hydroxylation sites is 1. The van der Waals surface area contributed by atoms with Crippen molar-refractivity contribution >= 4 is 11.9 Å². The number of hydrogen-bond donors (Lipinski definition) is 1. The molecule has 132 valence electrons. The molecule has 1 aromatic rings. The highest BCUT2D eigenvalue weighted by Gasteiger charge is 2.40. The Bertz CT molecular complexity index is 563. The standard InChI is InChI=1S/C18H26N2O4/c1-18(17(22)23)9-11-20(14-18)13-16(21)19(2)10-6-12-24-15-7-4-3-5-8-15/h3-5,7-8H,6,9-14H2,1-2H3,(H,22,23). The molecular weight excluding hydrogens is 308 g/mol. The molecule has 24 heavy (non-hydrogen) atoms. The summed E-state index contributed by atoms with van der Waals surface area (Å²) < 4.78 is 5.61. The third-order valence-corrected chi connectivity index (χ3v) is 4.50. The lowest BCUT2D eigenvalue weighted by Crippen LogP contribution is -2.39. The Kier molecular flexibility index (Phi) is 6.20. The van der Waals surface area contributed by atoms with Crippen LogP contribution in [0.1, 0.15) is 19.8 Å². The summed E-state index contributed by atoms with van der Waals surface area (Å²) in [5, 5.41) is 9.23. The van der Waals surface area contributed by atoms with Crippen molar-refractivity contribution in [2.45, 2.75) is 19.8 Å². The van der Waals surface area contributed by atoms with Crippen molar-refractivity contribution in [3.8, 4) is 5.75 Å². The summed E-state index contributed by atoms with van der Waals surface area (Å²) >= 11 is 0. The van der Waals surface area contributed by atoms with Crippen molar-refractivity contribution in [1.29, 1.82) is 0 Å². The van der Waals surface area contributed by atoms with Crippen LogP contribution in [-0.2, 0) is 9.59 Å². The molecule has 1 unspecified atom stereocenters. The lowest BCUT2D eigenvalue weighted by atomic mass is 9.90. The topological polar surface area (TPSA) is 70.1 Å². The lowest BCUT2D eigenvalue weighted by Gasteiger charge is -2.23. The van der Waals surface area contributed by atoms with Crippen LogP contribution in [0.25, 0.3) is 0 Å². The van der Waals surface area contributed by atoms with E-state index in [1.54, 1.807) is 18.9 Å². The number of ether oxygens (including phenoxy) is 1. The first-order valence-corrected chi connectivity index (χ1v) is 8.28. The molecule has 1 saturated heterocycles. The van der Waals surface area contributed by atoms with Crippen LogP contribution in [0.2, 0.25) is 0 Å². The van der Waals surface area contributed by atoms with Crippen LogP contribution in [0.3, 0.4) is 0 Å². The van der Waals surface area contributed by atoms with Gasteiger partial charge >= 0.3 is 5.97 Å². The number of rotatable bonds is 8. The normalized spacial score (nSPS) is 20.8. The van der Waals surface area contributed by atoms with Crippen molar-refractivity contribution in [2.75, 3.05) is 39.8 Å². The van der Waals surface area contributed by atoms with E-state index in [-0.39, 0.29) is 12.5 Å². The number of amides is 1. The highest BCUT2D eigenvalue weighted by atomic mass is 16.5. The van der Waals surface area contributed by atoms with Crippen molar-refractivity contribution in [3.63, 3.8) is 0 Å². The molecule has 0 spiro atoms. The number of carboxylic acid groups (broad SMARTS) is 1. The van der Waals surface area contributed by atoms with E-state index in [0.29, 0.717) is 32.7 Å². The van der Waals surface area contributed by atoms with E-state index in [4.69, 9.17) is 4.74 Å². The summed E-state index contributed by atoms with van der Waals surface area (Å²) in [6.45, 7) is 4.28. The largest absolute Gasteiger partial charge is 0.494 e. The molecular formula is C18H26N2O4. The zero-order valence-electron chi connectivity index (χ0n) is 14.4. The van der Waals surface area contributed by atoms with Crippen LogP contribution in [-0.4, -0.2) is 66.6 Å². The molecule has 0 aliphatic carbocycles. The third-order valence-electron chi connectivity index (χ3n) is 4.50. The van der Waals surface area contributed by atoms with E-state index >= 15 is 0 Å². The summed E-state index contributed by atoms with van der Waals surface area (Å²) in [5.74, 6) is 0.0599. The highest BCUT2D eigenvalue weighted by Crippen LogP contribution is 2.29. The Morgan fingerprint density at radius 1 is 1.33 bits per heavy atom. The average molecular weight is 334 g/mol. The first kappa shape index (κ1) is 18.3. The SMILES string of the molecule is CN(CCCOc1ccccc1)C(=O)CN1CCC(C)(C(=O)O)C1. The third kappa shape index (κ3) is 4.96. The van der Waals surface area contributed by atoms with E-state index < -0.39 is 11.4 Å². The molecule has 1 aliphatic heterocycles. The molecule has 1 aliphatic rings. The maximum absolute atomic E-state index is 12.2. The van der Waals surface area contributed by atoms with E-state index in [1.807, 2.05) is 35.2 Å².